The highest BCUT2D eigenvalue weighted by atomic mass is 15.0. The maximum Gasteiger partial charge on any atom is 0.165 e. The molecule has 1 aliphatic rings. The molecule has 4 heteroatoms. The summed E-state index contributed by atoms with van der Waals surface area (Å²) in [5.74, 6) is 1.83. The minimum atomic E-state index is -0.0720. The van der Waals surface area contributed by atoms with Crippen LogP contribution in [0.5, 0.6) is 0 Å². The molecule has 2 heterocycles. The Balaban J connectivity index is 0.981. The Bertz CT molecular complexity index is 2840. The summed E-state index contributed by atoms with van der Waals surface area (Å²) >= 11 is 0. The number of benzene rings is 7. The fraction of sp³-hybridized carbons (Fsp3) is 0.0588. The van der Waals surface area contributed by atoms with Crippen LogP contribution in [0.15, 0.2) is 182 Å². The molecule has 1 aliphatic carbocycles. The van der Waals surface area contributed by atoms with Crippen LogP contribution in [0.3, 0.4) is 0 Å². The zero-order valence-electron chi connectivity index (χ0n) is 30.6. The molecule has 0 unspecified atom stereocenters. The summed E-state index contributed by atoms with van der Waals surface area (Å²) in [6, 6.07) is 61.9. The van der Waals surface area contributed by atoms with Gasteiger partial charge in [0, 0.05) is 33.9 Å². The molecule has 0 radical (unpaired) electrons. The Morgan fingerprint density at radius 3 is 1.55 bits per heavy atom. The van der Waals surface area contributed by atoms with E-state index in [0.29, 0.717) is 17.5 Å². The van der Waals surface area contributed by atoms with Gasteiger partial charge in [-0.3, -0.25) is 4.98 Å². The molecule has 0 bridgehead atoms. The highest BCUT2D eigenvalue weighted by Crippen LogP contribution is 2.54. The van der Waals surface area contributed by atoms with Gasteiger partial charge in [-0.15, -0.1) is 0 Å². The lowest BCUT2D eigenvalue weighted by molar-refractivity contribution is 0.661. The molecular weight excluding hydrogens is 669 g/mol. The third kappa shape index (κ3) is 5.71. The van der Waals surface area contributed by atoms with E-state index in [9.17, 15) is 0 Å². The van der Waals surface area contributed by atoms with Crippen LogP contribution in [0.2, 0.25) is 0 Å². The average molecular weight is 705 g/mol. The van der Waals surface area contributed by atoms with Gasteiger partial charge in [-0.05, 0) is 67.4 Å². The second kappa shape index (κ2) is 13.1. The molecule has 0 saturated heterocycles. The predicted molar refractivity (Wildman–Crippen MR) is 225 cm³/mol. The summed E-state index contributed by atoms with van der Waals surface area (Å²) in [5, 5.41) is 2.59. The normalized spacial score (nSPS) is 12.7. The van der Waals surface area contributed by atoms with Crippen molar-refractivity contribution in [2.24, 2.45) is 0 Å². The quantitative estimate of drug-likeness (QED) is 0.173. The number of hydrogen-bond donors (Lipinski definition) is 0. The van der Waals surface area contributed by atoms with E-state index in [0.717, 1.165) is 39.1 Å². The Morgan fingerprint density at radius 1 is 0.364 bits per heavy atom. The molecule has 4 nitrogen and oxygen atoms in total. The van der Waals surface area contributed by atoms with Crippen molar-refractivity contribution in [2.75, 3.05) is 0 Å². The Hall–Kier alpha value is -7.04. The van der Waals surface area contributed by atoms with E-state index in [-0.39, 0.29) is 5.41 Å². The molecule has 9 aromatic rings. The second-order valence-electron chi connectivity index (χ2n) is 14.7. The standard InChI is InChI=1S/C51H36N4/c1-51(2)43-19-11-18-42(46(43)47-41-17-10-9-12-35(41)28-30-44(47)51)36-24-20-33(21-25-36)34-22-26-39(27-23-34)49-53-48(38-15-7-4-8-16-38)54-50(55-49)40-29-31-45(52-32-40)37-13-5-3-6-14-37/h3-32H,1-2H3. The molecule has 2 aromatic heterocycles. The van der Waals surface area contributed by atoms with E-state index < -0.39 is 0 Å². The number of rotatable bonds is 6. The van der Waals surface area contributed by atoms with Crippen molar-refractivity contribution in [1.82, 2.24) is 19.9 Å². The maximum absolute atomic E-state index is 4.96. The summed E-state index contributed by atoms with van der Waals surface area (Å²) < 4.78 is 0. The minimum Gasteiger partial charge on any atom is -0.255 e. The lowest BCUT2D eigenvalue weighted by Crippen LogP contribution is -2.14. The SMILES string of the molecule is CC1(C)c2cccc(-c3ccc(-c4ccc(-c5nc(-c6ccccc6)nc(-c6ccc(-c7ccccc7)nc6)n5)cc4)cc3)c2-c2c1ccc1ccccc21. The molecule has 0 amide bonds. The first-order chi connectivity index (χ1) is 27.0. The fourth-order valence-electron chi connectivity index (χ4n) is 8.10. The molecular formula is C51H36N4. The Morgan fingerprint density at radius 2 is 0.891 bits per heavy atom. The van der Waals surface area contributed by atoms with Gasteiger partial charge in [0.05, 0.1) is 5.69 Å². The number of fused-ring (bicyclic) bond motifs is 5. The third-order valence-electron chi connectivity index (χ3n) is 11.0. The highest BCUT2D eigenvalue weighted by molar-refractivity contribution is 6.06. The van der Waals surface area contributed by atoms with Crippen LogP contribution in [0.4, 0.5) is 0 Å². The topological polar surface area (TPSA) is 51.6 Å². The highest BCUT2D eigenvalue weighted by Gasteiger charge is 2.37. The molecule has 0 fully saturated rings. The fourth-order valence-corrected chi connectivity index (χ4v) is 8.10. The van der Waals surface area contributed by atoms with Crippen LogP contribution in [0.1, 0.15) is 25.0 Å². The van der Waals surface area contributed by atoms with Crippen LogP contribution in [-0.2, 0) is 5.41 Å². The zero-order valence-corrected chi connectivity index (χ0v) is 30.6. The summed E-state index contributed by atoms with van der Waals surface area (Å²) in [5.41, 5.74) is 14.8. The van der Waals surface area contributed by atoms with Crippen LogP contribution < -0.4 is 0 Å². The van der Waals surface area contributed by atoms with Gasteiger partial charge in [0.25, 0.3) is 0 Å². The number of nitrogens with zero attached hydrogens (tertiary/aromatic N) is 4. The van der Waals surface area contributed by atoms with Gasteiger partial charge >= 0.3 is 0 Å². The van der Waals surface area contributed by atoms with Gasteiger partial charge < -0.3 is 0 Å². The molecule has 7 aromatic carbocycles. The molecule has 0 aliphatic heterocycles. The number of hydrogen-bond acceptors (Lipinski definition) is 4. The van der Waals surface area contributed by atoms with E-state index >= 15 is 0 Å². The van der Waals surface area contributed by atoms with E-state index in [2.05, 4.69) is 129 Å². The predicted octanol–water partition coefficient (Wildman–Crippen LogP) is 12.7. The van der Waals surface area contributed by atoms with E-state index in [1.54, 1.807) is 0 Å². The largest absolute Gasteiger partial charge is 0.255 e. The van der Waals surface area contributed by atoms with Gasteiger partial charge in [-0.2, -0.15) is 0 Å². The second-order valence-corrected chi connectivity index (χ2v) is 14.7. The van der Waals surface area contributed by atoms with Crippen molar-refractivity contribution in [3.8, 4) is 78.8 Å². The molecule has 0 spiro atoms. The van der Waals surface area contributed by atoms with Crippen molar-refractivity contribution in [3.05, 3.63) is 193 Å². The summed E-state index contributed by atoms with van der Waals surface area (Å²) in [6.07, 6.45) is 1.84. The minimum absolute atomic E-state index is 0.0720. The first-order valence-corrected chi connectivity index (χ1v) is 18.7. The van der Waals surface area contributed by atoms with Crippen molar-refractivity contribution in [2.45, 2.75) is 19.3 Å². The van der Waals surface area contributed by atoms with Crippen molar-refractivity contribution in [1.29, 1.82) is 0 Å². The number of aromatic nitrogens is 4. The summed E-state index contributed by atoms with van der Waals surface area (Å²) in [7, 11) is 0. The number of pyridine rings is 1. The van der Waals surface area contributed by atoms with Crippen molar-refractivity contribution < 1.29 is 0 Å². The third-order valence-corrected chi connectivity index (χ3v) is 11.0. The van der Waals surface area contributed by atoms with Crippen LogP contribution in [0.25, 0.3) is 89.6 Å². The smallest absolute Gasteiger partial charge is 0.165 e. The van der Waals surface area contributed by atoms with Crippen LogP contribution in [-0.4, -0.2) is 19.9 Å². The summed E-state index contributed by atoms with van der Waals surface area (Å²) in [6.45, 7) is 4.70. The van der Waals surface area contributed by atoms with Gasteiger partial charge in [0.15, 0.2) is 17.5 Å². The van der Waals surface area contributed by atoms with Gasteiger partial charge in [-0.25, -0.2) is 15.0 Å². The van der Waals surface area contributed by atoms with Gasteiger partial charge in [0.1, 0.15) is 0 Å². The monoisotopic (exact) mass is 704 g/mol. The van der Waals surface area contributed by atoms with E-state index in [1.807, 2.05) is 66.9 Å². The van der Waals surface area contributed by atoms with Crippen LogP contribution in [0, 0.1) is 0 Å². The molecule has 0 atom stereocenters. The lowest BCUT2D eigenvalue weighted by Gasteiger charge is -2.21. The van der Waals surface area contributed by atoms with Crippen molar-refractivity contribution in [3.63, 3.8) is 0 Å². The van der Waals surface area contributed by atoms with Crippen LogP contribution >= 0.6 is 0 Å². The van der Waals surface area contributed by atoms with Gasteiger partial charge in [-0.1, -0.05) is 178 Å². The lowest BCUT2D eigenvalue weighted by atomic mass is 9.81. The average Bonchev–Trinajstić information content (AvgIpc) is 3.50. The van der Waals surface area contributed by atoms with Gasteiger partial charge in [0.2, 0.25) is 0 Å². The zero-order chi connectivity index (χ0) is 36.9. The molecule has 55 heavy (non-hydrogen) atoms. The molecule has 10 rings (SSSR count). The molecule has 0 saturated carbocycles. The Kier molecular flexibility index (Phi) is 7.77. The maximum atomic E-state index is 4.96. The van der Waals surface area contributed by atoms with E-state index in [4.69, 9.17) is 19.9 Å². The van der Waals surface area contributed by atoms with Crippen molar-refractivity contribution >= 4 is 10.8 Å². The summed E-state index contributed by atoms with van der Waals surface area (Å²) in [4.78, 5) is 19.5. The molecule has 260 valence electrons. The first-order valence-electron chi connectivity index (χ1n) is 18.7. The Labute approximate surface area is 320 Å². The van der Waals surface area contributed by atoms with E-state index in [1.165, 1.54) is 44.2 Å². The first kappa shape index (κ1) is 32.6. The molecule has 0 N–H and O–H groups in total.